The molecule has 24 heavy (non-hydrogen) atoms. The lowest BCUT2D eigenvalue weighted by Crippen LogP contribution is -2.43. The summed E-state index contributed by atoms with van der Waals surface area (Å²) in [6, 6.07) is 8.37. The van der Waals surface area contributed by atoms with Crippen LogP contribution in [0.3, 0.4) is 0 Å². The van der Waals surface area contributed by atoms with Crippen LogP contribution in [0.5, 0.6) is 5.75 Å². The molecule has 0 radical (unpaired) electrons. The first-order chi connectivity index (χ1) is 11.2. The van der Waals surface area contributed by atoms with Crippen molar-refractivity contribution in [1.29, 1.82) is 0 Å². The van der Waals surface area contributed by atoms with E-state index in [0.29, 0.717) is 12.0 Å². The second-order valence-electron chi connectivity index (χ2n) is 6.83. The van der Waals surface area contributed by atoms with Crippen LogP contribution in [0.1, 0.15) is 38.2 Å². The molecule has 1 heterocycles. The van der Waals surface area contributed by atoms with Gasteiger partial charge in [-0.1, -0.05) is 18.6 Å². The van der Waals surface area contributed by atoms with E-state index in [2.05, 4.69) is 33.4 Å². The number of halogens is 1. The van der Waals surface area contributed by atoms with Crippen molar-refractivity contribution in [3.05, 3.63) is 29.8 Å². The van der Waals surface area contributed by atoms with E-state index in [1.54, 1.807) is 0 Å². The van der Waals surface area contributed by atoms with Gasteiger partial charge in [-0.15, -0.1) is 24.0 Å². The van der Waals surface area contributed by atoms with Gasteiger partial charge in [0.05, 0.1) is 6.61 Å². The molecule has 0 atom stereocenters. The van der Waals surface area contributed by atoms with Gasteiger partial charge in [0.1, 0.15) is 5.75 Å². The molecule has 0 unspecified atom stereocenters. The summed E-state index contributed by atoms with van der Waals surface area (Å²) in [5.41, 5.74) is 1.92. The van der Waals surface area contributed by atoms with Crippen LogP contribution in [0, 0.1) is 5.41 Å². The van der Waals surface area contributed by atoms with Crippen molar-refractivity contribution >= 4 is 29.9 Å². The number of hydrogen-bond acceptors (Lipinski definition) is 2. The van der Waals surface area contributed by atoms with Crippen molar-refractivity contribution in [2.45, 2.75) is 39.0 Å². The van der Waals surface area contributed by atoms with Crippen molar-refractivity contribution in [3.8, 4) is 5.75 Å². The van der Waals surface area contributed by atoms with E-state index in [-0.39, 0.29) is 24.0 Å². The molecule has 3 rings (SSSR count). The first kappa shape index (κ1) is 19.3. The predicted molar refractivity (Wildman–Crippen MR) is 111 cm³/mol. The molecule has 1 saturated heterocycles. The van der Waals surface area contributed by atoms with Gasteiger partial charge < -0.3 is 15.0 Å². The Hall–Kier alpha value is -0.980. The zero-order chi connectivity index (χ0) is 16.1. The zero-order valence-corrected chi connectivity index (χ0v) is 17.2. The van der Waals surface area contributed by atoms with E-state index in [4.69, 9.17) is 4.74 Å². The summed E-state index contributed by atoms with van der Waals surface area (Å²) in [4.78, 5) is 6.92. The maximum Gasteiger partial charge on any atom is 0.193 e. The van der Waals surface area contributed by atoms with Gasteiger partial charge in [0.25, 0.3) is 0 Å². The van der Waals surface area contributed by atoms with Gasteiger partial charge in [0.2, 0.25) is 0 Å². The van der Waals surface area contributed by atoms with Gasteiger partial charge in [0.15, 0.2) is 5.96 Å². The number of aliphatic imine (C=N–C) groups is 1. The summed E-state index contributed by atoms with van der Waals surface area (Å²) in [7, 11) is 1.89. The second-order valence-corrected chi connectivity index (χ2v) is 6.83. The van der Waals surface area contributed by atoms with Crippen LogP contribution in [0.15, 0.2) is 29.3 Å². The van der Waals surface area contributed by atoms with E-state index in [0.717, 1.165) is 31.2 Å². The standard InChI is InChI=1S/C19H29N3O.HI/c1-3-23-17-7-4-6-16(14-17)8-12-21-18(20-2)22-13-11-19(15-22)9-5-10-19;/h4,6-7,14H,3,5,8-13,15H2,1-2H3,(H,20,21);1H. The molecular formula is C19H30IN3O. The summed E-state index contributed by atoms with van der Waals surface area (Å²) in [5.74, 6) is 2.02. The molecule has 2 aliphatic rings. The Labute approximate surface area is 163 Å². The molecule has 1 N–H and O–H groups in total. The van der Waals surface area contributed by atoms with Crippen LogP contribution >= 0.6 is 24.0 Å². The molecule has 0 bridgehead atoms. The Morgan fingerprint density at radius 1 is 1.33 bits per heavy atom. The molecule has 5 heteroatoms. The minimum atomic E-state index is 0. The van der Waals surface area contributed by atoms with E-state index in [1.165, 1.54) is 37.8 Å². The SMILES string of the molecule is CCOc1cccc(CCNC(=NC)N2CCC3(CCC3)C2)c1.I. The zero-order valence-electron chi connectivity index (χ0n) is 14.9. The number of ether oxygens (including phenoxy) is 1. The number of guanidine groups is 1. The summed E-state index contributed by atoms with van der Waals surface area (Å²) in [5, 5.41) is 3.53. The number of benzene rings is 1. The molecule has 1 saturated carbocycles. The lowest BCUT2D eigenvalue weighted by Gasteiger charge is -2.38. The molecule has 2 fully saturated rings. The van der Waals surface area contributed by atoms with Crippen LogP contribution in [-0.2, 0) is 6.42 Å². The van der Waals surface area contributed by atoms with Gasteiger partial charge >= 0.3 is 0 Å². The number of hydrogen-bond donors (Lipinski definition) is 1. The summed E-state index contributed by atoms with van der Waals surface area (Å²) in [6.45, 7) is 5.98. The van der Waals surface area contributed by atoms with E-state index in [1.807, 2.05) is 20.0 Å². The minimum Gasteiger partial charge on any atom is -0.494 e. The Balaban J connectivity index is 0.00000208. The maximum atomic E-state index is 5.57. The van der Waals surface area contributed by atoms with Gasteiger partial charge in [-0.25, -0.2) is 0 Å². The highest BCUT2D eigenvalue weighted by Gasteiger charge is 2.43. The third-order valence-electron chi connectivity index (χ3n) is 5.27. The van der Waals surface area contributed by atoms with Gasteiger partial charge in [-0.2, -0.15) is 0 Å². The first-order valence-corrected chi connectivity index (χ1v) is 8.92. The van der Waals surface area contributed by atoms with Crippen molar-refractivity contribution < 1.29 is 4.74 Å². The third-order valence-corrected chi connectivity index (χ3v) is 5.27. The summed E-state index contributed by atoms with van der Waals surface area (Å²) >= 11 is 0. The van der Waals surface area contributed by atoms with Crippen LogP contribution in [0.4, 0.5) is 0 Å². The van der Waals surface area contributed by atoms with Gasteiger partial charge in [-0.3, -0.25) is 4.99 Å². The fraction of sp³-hybridized carbons (Fsp3) is 0.632. The van der Waals surface area contributed by atoms with Crippen LogP contribution < -0.4 is 10.1 Å². The highest BCUT2D eigenvalue weighted by atomic mass is 127. The fourth-order valence-corrected chi connectivity index (χ4v) is 3.81. The molecule has 134 valence electrons. The number of nitrogens with one attached hydrogen (secondary N) is 1. The number of nitrogens with zero attached hydrogens (tertiary/aromatic N) is 2. The van der Waals surface area contributed by atoms with Crippen LogP contribution in [-0.4, -0.2) is 44.1 Å². The van der Waals surface area contributed by atoms with Crippen molar-refractivity contribution in [2.24, 2.45) is 10.4 Å². The molecular weight excluding hydrogens is 413 g/mol. The van der Waals surface area contributed by atoms with Crippen molar-refractivity contribution in [2.75, 3.05) is 33.3 Å². The Bertz CT molecular complexity index is 557. The largest absolute Gasteiger partial charge is 0.494 e. The Morgan fingerprint density at radius 2 is 2.17 bits per heavy atom. The minimum absolute atomic E-state index is 0. The maximum absolute atomic E-state index is 5.57. The molecule has 1 aromatic rings. The van der Waals surface area contributed by atoms with E-state index >= 15 is 0 Å². The normalized spacial score (nSPS) is 18.9. The van der Waals surface area contributed by atoms with E-state index < -0.39 is 0 Å². The summed E-state index contributed by atoms with van der Waals surface area (Å²) in [6.07, 6.45) is 6.55. The molecule has 0 aromatic heterocycles. The quantitative estimate of drug-likeness (QED) is 0.429. The van der Waals surface area contributed by atoms with Gasteiger partial charge in [0, 0.05) is 26.7 Å². The smallest absolute Gasteiger partial charge is 0.193 e. The molecule has 1 aliphatic heterocycles. The van der Waals surface area contributed by atoms with Crippen molar-refractivity contribution in [3.63, 3.8) is 0 Å². The average molecular weight is 443 g/mol. The van der Waals surface area contributed by atoms with Crippen LogP contribution in [0.25, 0.3) is 0 Å². The first-order valence-electron chi connectivity index (χ1n) is 8.92. The number of likely N-dealkylation sites (tertiary alicyclic amines) is 1. The summed E-state index contributed by atoms with van der Waals surface area (Å²) < 4.78 is 5.57. The highest BCUT2D eigenvalue weighted by Crippen LogP contribution is 2.47. The Kier molecular flexibility index (Phi) is 7.19. The average Bonchev–Trinajstić information content (AvgIpc) is 2.98. The third kappa shape index (κ3) is 4.55. The van der Waals surface area contributed by atoms with Crippen LogP contribution in [0.2, 0.25) is 0 Å². The number of rotatable bonds is 5. The highest BCUT2D eigenvalue weighted by molar-refractivity contribution is 14.0. The Morgan fingerprint density at radius 3 is 2.79 bits per heavy atom. The fourth-order valence-electron chi connectivity index (χ4n) is 3.81. The molecule has 1 spiro atoms. The molecule has 4 nitrogen and oxygen atoms in total. The topological polar surface area (TPSA) is 36.9 Å². The lowest BCUT2D eigenvalue weighted by atomic mass is 9.68. The van der Waals surface area contributed by atoms with E-state index in [9.17, 15) is 0 Å². The molecule has 0 amide bonds. The van der Waals surface area contributed by atoms with Crippen molar-refractivity contribution in [1.82, 2.24) is 10.2 Å². The van der Waals surface area contributed by atoms with Gasteiger partial charge in [-0.05, 0) is 55.7 Å². The molecule has 1 aromatic carbocycles. The predicted octanol–water partition coefficient (Wildman–Crippen LogP) is 3.70. The monoisotopic (exact) mass is 443 g/mol. The lowest BCUT2D eigenvalue weighted by molar-refractivity contribution is 0.151. The second kappa shape index (κ2) is 8.92. The molecule has 1 aliphatic carbocycles.